The van der Waals surface area contributed by atoms with Gasteiger partial charge in [-0.3, -0.25) is 9.59 Å². The number of hydrogen-bond acceptors (Lipinski definition) is 2. The Balaban J connectivity index is 1.73. The van der Waals surface area contributed by atoms with Crippen LogP contribution in [0.4, 0.5) is 0 Å². The molecule has 146 valence electrons. The molecule has 0 bridgehead atoms. The number of para-hydroxylation sites is 1. The van der Waals surface area contributed by atoms with Gasteiger partial charge in [-0.15, -0.1) is 0 Å². The Morgan fingerprint density at radius 3 is 2.32 bits per heavy atom. The van der Waals surface area contributed by atoms with Gasteiger partial charge in [0.15, 0.2) is 0 Å². The van der Waals surface area contributed by atoms with Crippen molar-refractivity contribution in [3.63, 3.8) is 0 Å². The number of carbonyl (C=O) groups excluding carboxylic acids is 1. The van der Waals surface area contributed by atoms with Gasteiger partial charge in [-0.05, 0) is 65.5 Å². The van der Waals surface area contributed by atoms with Gasteiger partial charge in [0.25, 0.3) is 11.5 Å². The molecule has 28 heavy (non-hydrogen) atoms. The zero-order chi connectivity index (χ0) is 20.5. The first-order valence-electron chi connectivity index (χ1n) is 9.67. The smallest absolute Gasteiger partial charge is 0.261 e. The first-order chi connectivity index (χ1) is 13.2. The van der Waals surface area contributed by atoms with Crippen molar-refractivity contribution in [2.45, 2.75) is 46.5 Å². The van der Waals surface area contributed by atoms with Crippen LogP contribution < -0.4 is 10.9 Å². The summed E-state index contributed by atoms with van der Waals surface area (Å²) < 4.78 is 0. The van der Waals surface area contributed by atoms with Crippen molar-refractivity contribution in [1.82, 2.24) is 10.3 Å². The van der Waals surface area contributed by atoms with Crippen molar-refractivity contribution in [1.29, 1.82) is 0 Å². The van der Waals surface area contributed by atoms with Gasteiger partial charge in [0, 0.05) is 12.1 Å². The van der Waals surface area contributed by atoms with E-state index in [-0.39, 0.29) is 22.4 Å². The molecule has 0 saturated carbocycles. The molecule has 0 saturated heterocycles. The van der Waals surface area contributed by atoms with Gasteiger partial charge in [-0.25, -0.2) is 0 Å². The average molecular weight is 377 g/mol. The third kappa shape index (κ3) is 4.16. The maximum atomic E-state index is 12.5. The summed E-state index contributed by atoms with van der Waals surface area (Å²) in [7, 11) is 0. The number of carbonyl (C=O) groups is 1. The van der Waals surface area contributed by atoms with Crippen LogP contribution in [0, 0.1) is 13.8 Å². The molecule has 1 heterocycles. The normalized spacial score (nSPS) is 11.6. The molecule has 0 atom stereocenters. The number of H-pyrrole nitrogens is 1. The van der Waals surface area contributed by atoms with Crippen molar-refractivity contribution in [2.75, 3.05) is 6.54 Å². The highest BCUT2D eigenvalue weighted by Crippen LogP contribution is 2.27. The summed E-state index contributed by atoms with van der Waals surface area (Å²) >= 11 is 0. The number of rotatable bonds is 4. The van der Waals surface area contributed by atoms with Gasteiger partial charge in [-0.1, -0.05) is 51.1 Å². The Bertz CT molecular complexity index is 1060. The van der Waals surface area contributed by atoms with Crippen molar-refractivity contribution in [3.8, 4) is 0 Å². The molecule has 0 unspecified atom stereocenters. The lowest BCUT2D eigenvalue weighted by atomic mass is 9.83. The third-order valence-electron chi connectivity index (χ3n) is 5.22. The molecule has 3 aromatic rings. The Kier molecular flexibility index (Phi) is 5.41. The Hall–Kier alpha value is -2.88. The van der Waals surface area contributed by atoms with E-state index in [4.69, 9.17) is 0 Å². The number of amides is 1. The quantitative estimate of drug-likeness (QED) is 0.708. The summed E-state index contributed by atoms with van der Waals surface area (Å²) in [6, 6.07) is 13.6. The number of nitrogens with one attached hydrogen (secondary N) is 2. The second-order valence-corrected chi connectivity index (χ2v) is 8.44. The number of hydrogen-bond donors (Lipinski definition) is 2. The first-order valence-corrected chi connectivity index (χ1v) is 9.67. The number of benzene rings is 2. The van der Waals surface area contributed by atoms with E-state index in [1.807, 2.05) is 24.3 Å². The van der Waals surface area contributed by atoms with Crippen LogP contribution in [0.15, 0.2) is 47.3 Å². The Morgan fingerprint density at radius 2 is 1.68 bits per heavy atom. The van der Waals surface area contributed by atoms with Crippen molar-refractivity contribution < 1.29 is 4.79 Å². The minimum Gasteiger partial charge on any atom is -0.352 e. The predicted molar refractivity (Wildman–Crippen MR) is 115 cm³/mol. The summed E-state index contributed by atoms with van der Waals surface area (Å²) in [6.07, 6.45) is 0.735. The molecule has 4 heteroatoms. The van der Waals surface area contributed by atoms with Gasteiger partial charge < -0.3 is 10.3 Å². The maximum absolute atomic E-state index is 12.5. The van der Waals surface area contributed by atoms with Gasteiger partial charge in [0.05, 0.1) is 0 Å². The molecule has 0 fully saturated rings. The summed E-state index contributed by atoms with van der Waals surface area (Å²) in [4.78, 5) is 27.5. The molecule has 2 aromatic carbocycles. The fourth-order valence-corrected chi connectivity index (χ4v) is 3.53. The third-order valence-corrected chi connectivity index (χ3v) is 5.22. The van der Waals surface area contributed by atoms with Gasteiger partial charge >= 0.3 is 0 Å². The van der Waals surface area contributed by atoms with Gasteiger partial charge in [0.2, 0.25) is 0 Å². The Labute approximate surface area is 166 Å². The fraction of sp³-hybridized carbons (Fsp3) is 0.333. The largest absolute Gasteiger partial charge is 0.352 e. The highest BCUT2D eigenvalue weighted by atomic mass is 16.2. The second-order valence-electron chi connectivity index (χ2n) is 8.44. The van der Waals surface area contributed by atoms with E-state index in [0.717, 1.165) is 17.3 Å². The van der Waals surface area contributed by atoms with Crippen LogP contribution in [0.1, 0.15) is 53.4 Å². The molecule has 1 aromatic heterocycles. The topological polar surface area (TPSA) is 62.0 Å². The molecule has 0 spiro atoms. The van der Waals surface area contributed by atoms with Crippen LogP contribution in [-0.4, -0.2) is 17.4 Å². The summed E-state index contributed by atoms with van der Waals surface area (Å²) in [5.41, 5.74) is 5.67. The van der Waals surface area contributed by atoms with Crippen molar-refractivity contribution >= 4 is 16.8 Å². The first kappa shape index (κ1) is 19.9. The van der Waals surface area contributed by atoms with Crippen molar-refractivity contribution in [2.24, 2.45) is 0 Å². The number of aromatic amines is 1. The molecular weight excluding hydrogens is 348 g/mol. The SMILES string of the molecule is Cc1cc(C(C)(C)C)cc(C)c1CCNC(=O)c1cc2ccccc2[nH]c1=O. The highest BCUT2D eigenvalue weighted by molar-refractivity contribution is 5.97. The predicted octanol–water partition coefficient (Wildman–Crippen LogP) is 4.41. The molecule has 4 nitrogen and oxygen atoms in total. The highest BCUT2D eigenvalue weighted by Gasteiger charge is 2.17. The molecule has 3 rings (SSSR count). The molecule has 0 aliphatic rings. The Morgan fingerprint density at radius 1 is 1.04 bits per heavy atom. The van der Waals surface area contributed by atoms with E-state index in [1.54, 1.807) is 6.07 Å². The lowest BCUT2D eigenvalue weighted by molar-refractivity contribution is 0.0952. The van der Waals surface area contributed by atoms with Gasteiger partial charge in [0.1, 0.15) is 5.56 Å². The van der Waals surface area contributed by atoms with E-state index in [0.29, 0.717) is 6.54 Å². The van der Waals surface area contributed by atoms with Gasteiger partial charge in [-0.2, -0.15) is 0 Å². The zero-order valence-electron chi connectivity index (χ0n) is 17.3. The number of pyridine rings is 1. The van der Waals surface area contributed by atoms with E-state index in [1.165, 1.54) is 22.3 Å². The zero-order valence-corrected chi connectivity index (χ0v) is 17.3. The molecular formula is C24H28N2O2. The molecule has 2 N–H and O–H groups in total. The monoisotopic (exact) mass is 376 g/mol. The number of fused-ring (bicyclic) bond motifs is 1. The molecule has 0 aliphatic carbocycles. The average Bonchev–Trinajstić information content (AvgIpc) is 2.62. The number of aryl methyl sites for hydroxylation is 2. The molecule has 0 aliphatic heterocycles. The van der Waals surface area contributed by atoms with E-state index < -0.39 is 0 Å². The summed E-state index contributed by atoms with van der Waals surface area (Å²) in [6.45, 7) is 11.4. The van der Waals surface area contributed by atoms with Crippen LogP contribution >= 0.6 is 0 Å². The number of aromatic nitrogens is 1. The maximum Gasteiger partial charge on any atom is 0.261 e. The van der Waals surface area contributed by atoms with E-state index in [2.05, 4.69) is 57.1 Å². The van der Waals surface area contributed by atoms with Crippen LogP contribution in [-0.2, 0) is 11.8 Å². The van der Waals surface area contributed by atoms with Crippen LogP contribution in [0.2, 0.25) is 0 Å². The van der Waals surface area contributed by atoms with E-state index in [9.17, 15) is 9.59 Å². The fourth-order valence-electron chi connectivity index (χ4n) is 3.53. The minimum atomic E-state index is -0.363. The van der Waals surface area contributed by atoms with Crippen LogP contribution in [0.5, 0.6) is 0 Å². The summed E-state index contributed by atoms with van der Waals surface area (Å²) in [5, 5.41) is 3.74. The lowest BCUT2D eigenvalue weighted by Gasteiger charge is -2.22. The molecule has 0 radical (unpaired) electrons. The standard InChI is InChI=1S/C24H28N2O2/c1-15-12-18(24(3,4)5)13-16(2)19(15)10-11-25-22(27)20-14-17-8-6-7-9-21(17)26-23(20)28/h6-9,12-14H,10-11H2,1-5H3,(H,25,27)(H,26,28). The van der Waals surface area contributed by atoms with Crippen LogP contribution in [0.25, 0.3) is 10.9 Å². The lowest BCUT2D eigenvalue weighted by Crippen LogP contribution is -2.31. The molecule has 1 amide bonds. The minimum absolute atomic E-state index is 0.110. The second kappa shape index (κ2) is 7.63. The van der Waals surface area contributed by atoms with E-state index >= 15 is 0 Å². The summed E-state index contributed by atoms with van der Waals surface area (Å²) in [5.74, 6) is -0.339. The van der Waals surface area contributed by atoms with Crippen molar-refractivity contribution in [3.05, 3.63) is 80.6 Å². The van der Waals surface area contributed by atoms with Crippen LogP contribution in [0.3, 0.4) is 0 Å².